The van der Waals surface area contributed by atoms with Gasteiger partial charge in [0.2, 0.25) is 0 Å². The van der Waals surface area contributed by atoms with Crippen molar-refractivity contribution in [2.75, 3.05) is 26.7 Å². The van der Waals surface area contributed by atoms with E-state index in [1.165, 1.54) is 32.2 Å². The summed E-state index contributed by atoms with van der Waals surface area (Å²) in [7, 11) is 2.22. The molecule has 3 nitrogen and oxygen atoms in total. The Morgan fingerprint density at radius 1 is 1.38 bits per heavy atom. The zero-order valence-corrected chi connectivity index (χ0v) is 11.1. The second-order valence-corrected chi connectivity index (χ2v) is 5.81. The van der Waals surface area contributed by atoms with Crippen molar-refractivity contribution in [1.82, 2.24) is 9.80 Å². The molecule has 0 aromatic carbocycles. The van der Waals surface area contributed by atoms with Gasteiger partial charge in [0.05, 0.1) is 0 Å². The van der Waals surface area contributed by atoms with Crippen LogP contribution in [0.1, 0.15) is 39.5 Å². The Balaban J connectivity index is 2.19. The van der Waals surface area contributed by atoms with Crippen LogP contribution in [0.5, 0.6) is 0 Å². The van der Waals surface area contributed by atoms with Crippen LogP contribution in [-0.2, 0) is 0 Å². The van der Waals surface area contributed by atoms with E-state index in [0.29, 0.717) is 0 Å². The Hall–Kier alpha value is -0.120. The summed E-state index contributed by atoms with van der Waals surface area (Å²) in [5.74, 6) is 0. The van der Waals surface area contributed by atoms with Crippen molar-refractivity contribution >= 4 is 0 Å². The lowest BCUT2D eigenvalue weighted by atomic mass is 9.93. The lowest BCUT2D eigenvalue weighted by Gasteiger charge is -2.44. The highest BCUT2D eigenvalue weighted by Gasteiger charge is 2.47. The fraction of sp³-hybridized carbons (Fsp3) is 1.00. The molecule has 2 rings (SSSR count). The van der Waals surface area contributed by atoms with Gasteiger partial charge in [-0.2, -0.15) is 0 Å². The molecule has 2 saturated heterocycles. The fourth-order valence-corrected chi connectivity index (χ4v) is 3.87. The zero-order valence-electron chi connectivity index (χ0n) is 11.1. The molecule has 2 heterocycles. The lowest BCUT2D eigenvalue weighted by Crippen LogP contribution is -2.59. The van der Waals surface area contributed by atoms with E-state index in [9.17, 15) is 0 Å². The van der Waals surface area contributed by atoms with Crippen molar-refractivity contribution < 1.29 is 0 Å². The van der Waals surface area contributed by atoms with Gasteiger partial charge in [0.25, 0.3) is 0 Å². The van der Waals surface area contributed by atoms with Crippen molar-refractivity contribution in [1.29, 1.82) is 0 Å². The normalized spacial score (nSPS) is 42.0. The number of nitrogens with two attached hydrogens (primary N) is 1. The van der Waals surface area contributed by atoms with Crippen molar-refractivity contribution in [2.24, 2.45) is 5.73 Å². The molecule has 2 fully saturated rings. The van der Waals surface area contributed by atoms with Gasteiger partial charge in [-0.15, -0.1) is 0 Å². The third-order valence-corrected chi connectivity index (χ3v) is 4.71. The van der Waals surface area contributed by atoms with Gasteiger partial charge in [0.1, 0.15) is 0 Å². The summed E-state index contributed by atoms with van der Waals surface area (Å²) in [6, 6.07) is 1.49. The average Bonchev–Trinajstić information content (AvgIpc) is 2.83. The van der Waals surface area contributed by atoms with Crippen molar-refractivity contribution in [3.63, 3.8) is 0 Å². The van der Waals surface area contributed by atoms with E-state index in [1.807, 2.05) is 0 Å². The molecule has 94 valence electrons. The highest BCUT2D eigenvalue weighted by atomic mass is 15.3. The van der Waals surface area contributed by atoms with Gasteiger partial charge in [0, 0.05) is 30.7 Å². The Morgan fingerprint density at radius 2 is 2.12 bits per heavy atom. The minimum atomic E-state index is 0.269. The predicted molar refractivity (Wildman–Crippen MR) is 68.5 cm³/mol. The molecule has 0 aromatic rings. The van der Waals surface area contributed by atoms with E-state index >= 15 is 0 Å². The monoisotopic (exact) mass is 225 g/mol. The Labute approximate surface area is 100.0 Å². The third kappa shape index (κ3) is 1.89. The summed E-state index contributed by atoms with van der Waals surface area (Å²) >= 11 is 0. The van der Waals surface area contributed by atoms with E-state index in [-0.39, 0.29) is 5.54 Å². The summed E-state index contributed by atoms with van der Waals surface area (Å²) in [6.07, 6.45) is 5.24. The fourth-order valence-electron chi connectivity index (χ4n) is 3.87. The van der Waals surface area contributed by atoms with Crippen LogP contribution >= 0.6 is 0 Å². The van der Waals surface area contributed by atoms with Gasteiger partial charge in [-0.1, -0.05) is 6.92 Å². The minimum absolute atomic E-state index is 0.269. The number of rotatable bonds is 3. The Bertz CT molecular complexity index is 243. The number of hydrogen-bond acceptors (Lipinski definition) is 3. The maximum Gasteiger partial charge on any atom is 0.0476 e. The number of likely N-dealkylation sites (tertiary alicyclic amines) is 2. The molecule has 3 atom stereocenters. The van der Waals surface area contributed by atoms with Gasteiger partial charge in [0.15, 0.2) is 0 Å². The third-order valence-electron chi connectivity index (χ3n) is 4.71. The maximum atomic E-state index is 6.12. The molecule has 0 amide bonds. The van der Waals surface area contributed by atoms with E-state index in [4.69, 9.17) is 5.73 Å². The standard InChI is InChI=1S/C13H27N3/c1-4-12-6-5-11(2)16(12)13(9-14)7-8-15(3)10-13/h11-12H,4-10,14H2,1-3H3. The largest absolute Gasteiger partial charge is 0.329 e. The second kappa shape index (κ2) is 4.63. The SMILES string of the molecule is CCC1CCC(C)N1C1(CN)CCN(C)C1. The topological polar surface area (TPSA) is 32.5 Å². The summed E-state index contributed by atoms with van der Waals surface area (Å²) < 4.78 is 0. The summed E-state index contributed by atoms with van der Waals surface area (Å²) in [6.45, 7) is 7.88. The molecular formula is C13H27N3. The van der Waals surface area contributed by atoms with Gasteiger partial charge >= 0.3 is 0 Å². The molecule has 3 unspecified atom stereocenters. The Kier molecular flexibility index (Phi) is 3.57. The second-order valence-electron chi connectivity index (χ2n) is 5.81. The smallest absolute Gasteiger partial charge is 0.0476 e. The summed E-state index contributed by atoms with van der Waals surface area (Å²) in [5.41, 5.74) is 6.39. The first-order valence-corrected chi connectivity index (χ1v) is 6.80. The van der Waals surface area contributed by atoms with E-state index in [0.717, 1.165) is 25.2 Å². The molecule has 0 saturated carbocycles. The molecule has 0 aliphatic carbocycles. The molecule has 3 heteroatoms. The molecule has 2 N–H and O–H groups in total. The molecule has 2 aliphatic rings. The van der Waals surface area contributed by atoms with E-state index in [1.54, 1.807) is 0 Å². The summed E-state index contributed by atoms with van der Waals surface area (Å²) in [4.78, 5) is 5.20. The quantitative estimate of drug-likeness (QED) is 0.785. The van der Waals surface area contributed by atoms with Crippen molar-refractivity contribution in [3.8, 4) is 0 Å². The van der Waals surface area contributed by atoms with E-state index in [2.05, 4.69) is 30.7 Å². The van der Waals surface area contributed by atoms with Gasteiger partial charge in [-0.25, -0.2) is 0 Å². The predicted octanol–water partition coefficient (Wildman–Crippen LogP) is 1.28. The zero-order chi connectivity index (χ0) is 11.8. The van der Waals surface area contributed by atoms with E-state index < -0.39 is 0 Å². The van der Waals surface area contributed by atoms with Crippen LogP contribution in [0, 0.1) is 0 Å². The number of likely N-dealkylation sites (N-methyl/N-ethyl adjacent to an activating group) is 1. The molecule has 16 heavy (non-hydrogen) atoms. The van der Waals surface area contributed by atoms with Crippen LogP contribution in [-0.4, -0.2) is 54.1 Å². The molecule has 2 aliphatic heterocycles. The first-order valence-electron chi connectivity index (χ1n) is 6.80. The molecular weight excluding hydrogens is 198 g/mol. The molecule has 0 spiro atoms. The maximum absolute atomic E-state index is 6.12. The molecule has 0 radical (unpaired) electrons. The number of hydrogen-bond donors (Lipinski definition) is 1. The summed E-state index contributed by atoms with van der Waals surface area (Å²) in [5, 5.41) is 0. The van der Waals surface area contributed by atoms with Crippen LogP contribution in [0.15, 0.2) is 0 Å². The van der Waals surface area contributed by atoms with Gasteiger partial charge in [-0.3, -0.25) is 4.90 Å². The van der Waals surface area contributed by atoms with Crippen LogP contribution < -0.4 is 5.73 Å². The van der Waals surface area contributed by atoms with Crippen LogP contribution in [0.2, 0.25) is 0 Å². The Morgan fingerprint density at radius 3 is 2.62 bits per heavy atom. The minimum Gasteiger partial charge on any atom is -0.329 e. The van der Waals surface area contributed by atoms with Crippen LogP contribution in [0.25, 0.3) is 0 Å². The van der Waals surface area contributed by atoms with Crippen LogP contribution in [0.3, 0.4) is 0 Å². The first-order chi connectivity index (χ1) is 7.63. The van der Waals surface area contributed by atoms with Gasteiger partial charge in [-0.05, 0) is 46.2 Å². The lowest BCUT2D eigenvalue weighted by molar-refractivity contribution is 0.0534. The highest BCUT2D eigenvalue weighted by Crippen LogP contribution is 2.37. The van der Waals surface area contributed by atoms with Gasteiger partial charge < -0.3 is 10.6 Å². The van der Waals surface area contributed by atoms with Crippen molar-refractivity contribution in [2.45, 2.75) is 57.2 Å². The van der Waals surface area contributed by atoms with Crippen molar-refractivity contribution in [3.05, 3.63) is 0 Å². The molecule has 0 bridgehead atoms. The average molecular weight is 225 g/mol. The highest BCUT2D eigenvalue weighted by molar-refractivity contribution is 5.05. The van der Waals surface area contributed by atoms with Crippen LogP contribution in [0.4, 0.5) is 0 Å². The first kappa shape index (κ1) is 12.3. The molecule has 0 aromatic heterocycles. The number of nitrogens with zero attached hydrogens (tertiary/aromatic N) is 2.